The van der Waals surface area contributed by atoms with Gasteiger partial charge in [0.1, 0.15) is 0 Å². The van der Waals surface area contributed by atoms with Gasteiger partial charge in [-0.1, -0.05) is 30.3 Å². The summed E-state index contributed by atoms with van der Waals surface area (Å²) in [5, 5.41) is 13.7. The normalized spacial score (nSPS) is 22.3. The Morgan fingerprint density at radius 3 is 2.52 bits per heavy atom. The van der Waals surface area contributed by atoms with Gasteiger partial charge in [0.15, 0.2) is 0 Å². The number of halogens is 2. The number of thiophene rings is 1. The van der Waals surface area contributed by atoms with Gasteiger partial charge in [-0.15, -0.1) is 11.3 Å². The average molecular weight is 565 g/mol. The van der Waals surface area contributed by atoms with Crippen LogP contribution in [0.2, 0.25) is 0 Å². The smallest absolute Gasteiger partial charge is 0.262 e. The summed E-state index contributed by atoms with van der Waals surface area (Å²) in [7, 11) is 0. The highest BCUT2D eigenvalue weighted by molar-refractivity contribution is 7.15. The van der Waals surface area contributed by atoms with Gasteiger partial charge in [0, 0.05) is 55.5 Å². The van der Waals surface area contributed by atoms with Crippen LogP contribution in [0.4, 0.5) is 8.78 Å². The molecule has 4 aromatic rings. The predicted molar refractivity (Wildman–Crippen MR) is 149 cm³/mol. The molecule has 1 aliphatic carbocycles. The zero-order valence-corrected chi connectivity index (χ0v) is 22.7. The van der Waals surface area contributed by atoms with Crippen molar-refractivity contribution < 1.29 is 18.7 Å². The van der Waals surface area contributed by atoms with Crippen LogP contribution in [0.1, 0.15) is 43.6 Å². The molecule has 1 amide bonds. The molecule has 40 heavy (non-hydrogen) atoms. The van der Waals surface area contributed by atoms with Gasteiger partial charge in [-0.2, -0.15) is 0 Å². The third-order valence-corrected chi connectivity index (χ3v) is 9.38. The minimum Gasteiger partial charge on any atom is -0.388 e. The Kier molecular flexibility index (Phi) is 7.00. The molecule has 2 aliphatic rings. The second-order valence-electron chi connectivity index (χ2n) is 11.0. The van der Waals surface area contributed by atoms with Gasteiger partial charge in [0.05, 0.1) is 34.3 Å². The number of piperidine rings is 1. The molecule has 2 atom stereocenters. The van der Waals surface area contributed by atoms with E-state index in [1.807, 2.05) is 35.7 Å². The van der Waals surface area contributed by atoms with E-state index in [4.69, 9.17) is 0 Å². The molecule has 10 heteroatoms. The number of carbonyl (C=O) groups excluding carboxylic acids is 1. The number of hydrogen-bond acceptors (Lipinski definition) is 6. The van der Waals surface area contributed by atoms with Gasteiger partial charge in [-0.25, -0.2) is 13.8 Å². The second-order valence-corrected chi connectivity index (χ2v) is 11.9. The monoisotopic (exact) mass is 564 g/mol. The van der Waals surface area contributed by atoms with E-state index in [-0.39, 0.29) is 50.1 Å². The number of amides is 1. The Morgan fingerprint density at radius 2 is 1.80 bits per heavy atom. The highest BCUT2D eigenvalue weighted by Gasteiger charge is 2.46. The molecule has 1 aliphatic heterocycles. The molecule has 0 radical (unpaired) electrons. The summed E-state index contributed by atoms with van der Waals surface area (Å²) in [6.45, 7) is 0.668. The van der Waals surface area contributed by atoms with E-state index in [0.29, 0.717) is 29.6 Å². The maximum Gasteiger partial charge on any atom is 0.262 e. The minimum absolute atomic E-state index is 0.0720. The molecular formula is C30H30F2N4O3S. The summed E-state index contributed by atoms with van der Waals surface area (Å²) >= 11 is 1.47. The fourth-order valence-electron chi connectivity index (χ4n) is 6.12. The van der Waals surface area contributed by atoms with Gasteiger partial charge in [-0.3, -0.25) is 19.1 Å². The fraction of sp³-hybridized carbons (Fsp3) is 0.400. The summed E-state index contributed by atoms with van der Waals surface area (Å²) in [5.41, 5.74) is 0.951. The number of benzene rings is 1. The molecule has 6 rings (SSSR count). The van der Waals surface area contributed by atoms with Crippen LogP contribution in [0.15, 0.2) is 71.4 Å². The summed E-state index contributed by atoms with van der Waals surface area (Å²) in [6, 6.07) is 13.2. The predicted octanol–water partition coefficient (Wildman–Crippen LogP) is 5.09. The number of nitrogens with zero attached hydrogens (tertiary/aromatic N) is 4. The topological polar surface area (TPSA) is 88.3 Å². The average Bonchev–Trinajstić information content (AvgIpc) is 3.40. The Morgan fingerprint density at radius 1 is 1.07 bits per heavy atom. The molecule has 2 fully saturated rings. The van der Waals surface area contributed by atoms with Crippen molar-refractivity contribution in [1.82, 2.24) is 19.4 Å². The van der Waals surface area contributed by atoms with E-state index in [9.17, 15) is 23.5 Å². The Labute approximate surface area is 234 Å². The van der Waals surface area contributed by atoms with Crippen LogP contribution < -0.4 is 5.56 Å². The zero-order chi connectivity index (χ0) is 27.9. The van der Waals surface area contributed by atoms with Crippen molar-refractivity contribution in [3.63, 3.8) is 0 Å². The maximum absolute atomic E-state index is 14.3. The van der Waals surface area contributed by atoms with Crippen molar-refractivity contribution in [3.05, 3.63) is 82.5 Å². The highest BCUT2D eigenvalue weighted by Crippen LogP contribution is 2.46. The quantitative estimate of drug-likeness (QED) is 0.365. The standard InChI is InChI=1S/C30H30F2N4O3S/c31-30(32)9-6-22(23(16-30)20-7-12-33-13-8-20)27(37)35-14-10-29(39,11-15-35)18-36-19-34-25-24(28(36)38)17-40-26(25)21-4-2-1-3-5-21/h1-5,7-8,12-13,17,19,22-23,39H,6,9-11,14-16,18H2/t22-,23+/m0/s1. The number of likely N-dealkylation sites (tertiary alicyclic amines) is 1. The van der Waals surface area contributed by atoms with Crippen molar-refractivity contribution in [2.75, 3.05) is 13.1 Å². The zero-order valence-electron chi connectivity index (χ0n) is 21.9. The molecule has 4 heterocycles. The maximum atomic E-state index is 14.3. The van der Waals surface area contributed by atoms with Gasteiger partial charge in [0.2, 0.25) is 11.8 Å². The number of fused-ring (bicyclic) bond motifs is 1. The van der Waals surface area contributed by atoms with Crippen LogP contribution in [0.5, 0.6) is 0 Å². The Balaban J connectivity index is 1.15. The summed E-state index contributed by atoms with van der Waals surface area (Å²) in [4.78, 5) is 38.0. The lowest BCUT2D eigenvalue weighted by molar-refractivity contribution is -0.145. The van der Waals surface area contributed by atoms with Gasteiger partial charge in [0.25, 0.3) is 5.56 Å². The van der Waals surface area contributed by atoms with Crippen LogP contribution in [-0.4, -0.2) is 55.1 Å². The van der Waals surface area contributed by atoms with E-state index in [0.717, 1.165) is 10.4 Å². The van der Waals surface area contributed by atoms with E-state index in [1.54, 1.807) is 29.4 Å². The first-order chi connectivity index (χ1) is 19.2. The van der Waals surface area contributed by atoms with E-state index < -0.39 is 23.4 Å². The molecule has 1 saturated heterocycles. The third kappa shape index (κ3) is 5.17. The molecule has 0 spiro atoms. The number of aromatic nitrogens is 3. The van der Waals surface area contributed by atoms with Crippen LogP contribution >= 0.6 is 11.3 Å². The fourth-order valence-corrected chi connectivity index (χ4v) is 7.11. The molecule has 0 unspecified atom stereocenters. The Hall–Kier alpha value is -3.50. The summed E-state index contributed by atoms with van der Waals surface area (Å²) in [6.07, 6.45) is 4.63. The number of alkyl halides is 2. The van der Waals surface area contributed by atoms with Gasteiger partial charge >= 0.3 is 0 Å². The third-order valence-electron chi connectivity index (χ3n) is 8.37. The first kappa shape index (κ1) is 26.7. The lowest BCUT2D eigenvalue weighted by Crippen LogP contribution is -2.52. The number of aliphatic hydroxyl groups is 1. The van der Waals surface area contributed by atoms with Gasteiger partial charge < -0.3 is 10.0 Å². The molecular weight excluding hydrogens is 534 g/mol. The molecule has 7 nitrogen and oxygen atoms in total. The number of rotatable bonds is 5. The molecule has 208 valence electrons. The first-order valence-corrected chi connectivity index (χ1v) is 14.4. The van der Waals surface area contributed by atoms with Crippen LogP contribution in [-0.2, 0) is 11.3 Å². The van der Waals surface area contributed by atoms with Crippen LogP contribution in [0, 0.1) is 5.92 Å². The summed E-state index contributed by atoms with van der Waals surface area (Å²) in [5.74, 6) is -4.08. The highest BCUT2D eigenvalue weighted by atomic mass is 32.1. The van der Waals surface area contributed by atoms with E-state index in [2.05, 4.69) is 9.97 Å². The van der Waals surface area contributed by atoms with Crippen molar-refractivity contribution in [2.24, 2.45) is 5.92 Å². The minimum atomic E-state index is -2.81. The lowest BCUT2D eigenvalue weighted by atomic mass is 9.73. The largest absolute Gasteiger partial charge is 0.388 e. The van der Waals surface area contributed by atoms with Crippen molar-refractivity contribution in [3.8, 4) is 10.4 Å². The van der Waals surface area contributed by atoms with Crippen molar-refractivity contribution in [1.29, 1.82) is 0 Å². The molecule has 1 N–H and O–H groups in total. The van der Waals surface area contributed by atoms with Crippen molar-refractivity contribution >= 4 is 28.1 Å². The van der Waals surface area contributed by atoms with Crippen LogP contribution in [0.3, 0.4) is 0 Å². The Bertz CT molecular complexity index is 1570. The molecule has 1 saturated carbocycles. The lowest BCUT2D eigenvalue weighted by Gasteiger charge is -2.42. The van der Waals surface area contributed by atoms with Crippen LogP contribution in [0.25, 0.3) is 21.3 Å². The van der Waals surface area contributed by atoms with E-state index in [1.165, 1.54) is 22.2 Å². The molecule has 0 bridgehead atoms. The first-order valence-electron chi connectivity index (χ1n) is 13.5. The number of carbonyl (C=O) groups is 1. The molecule has 3 aromatic heterocycles. The van der Waals surface area contributed by atoms with Crippen molar-refractivity contribution in [2.45, 2.75) is 56.1 Å². The number of pyridine rings is 1. The van der Waals surface area contributed by atoms with E-state index >= 15 is 0 Å². The summed E-state index contributed by atoms with van der Waals surface area (Å²) < 4.78 is 30.1. The van der Waals surface area contributed by atoms with Gasteiger partial charge in [-0.05, 0) is 42.5 Å². The molecule has 1 aromatic carbocycles. The number of hydrogen-bond donors (Lipinski definition) is 1. The SMILES string of the molecule is O=C([C@H]1CCC(F)(F)C[C@@H]1c1ccncc1)N1CCC(O)(Cn2cnc3c(-c4ccccc4)scc3c2=O)CC1. The second kappa shape index (κ2) is 10.5.